The Morgan fingerprint density at radius 1 is 1.12 bits per heavy atom. The number of amides is 2. The SMILES string of the molecule is CC(=O)c1ccc(NC(=O)N(C)Cc2nc3ccccc3s2)cc1. The Morgan fingerprint density at radius 2 is 1.83 bits per heavy atom. The average molecular weight is 339 g/mol. The largest absolute Gasteiger partial charge is 0.321 e. The summed E-state index contributed by atoms with van der Waals surface area (Å²) in [4.78, 5) is 29.7. The lowest BCUT2D eigenvalue weighted by Crippen LogP contribution is -2.30. The average Bonchev–Trinajstić information content (AvgIpc) is 2.97. The molecule has 0 fully saturated rings. The Morgan fingerprint density at radius 3 is 2.50 bits per heavy atom. The molecule has 6 heteroatoms. The number of Topliss-reactive ketones (excluding diaryl/α,β-unsaturated/α-hetero) is 1. The number of rotatable bonds is 4. The van der Waals surface area contributed by atoms with Crippen molar-refractivity contribution in [3.05, 3.63) is 59.1 Å². The van der Waals surface area contributed by atoms with Crippen molar-refractivity contribution in [2.24, 2.45) is 0 Å². The number of anilines is 1. The minimum Gasteiger partial charge on any atom is -0.321 e. The Labute approximate surface area is 143 Å². The summed E-state index contributed by atoms with van der Waals surface area (Å²) < 4.78 is 1.11. The van der Waals surface area contributed by atoms with E-state index in [2.05, 4.69) is 10.3 Å². The highest BCUT2D eigenvalue weighted by Gasteiger charge is 2.12. The fourth-order valence-corrected chi connectivity index (χ4v) is 3.29. The summed E-state index contributed by atoms with van der Waals surface area (Å²) in [6.45, 7) is 1.95. The number of hydrogen-bond donors (Lipinski definition) is 1. The number of thiazole rings is 1. The van der Waals surface area contributed by atoms with Crippen molar-refractivity contribution in [3.8, 4) is 0 Å². The van der Waals surface area contributed by atoms with Gasteiger partial charge < -0.3 is 10.2 Å². The van der Waals surface area contributed by atoms with Gasteiger partial charge in [-0.1, -0.05) is 12.1 Å². The maximum absolute atomic E-state index is 12.3. The van der Waals surface area contributed by atoms with Crippen LogP contribution in [0.2, 0.25) is 0 Å². The van der Waals surface area contributed by atoms with Crippen molar-refractivity contribution >= 4 is 39.1 Å². The lowest BCUT2D eigenvalue weighted by atomic mass is 10.1. The van der Waals surface area contributed by atoms with Crippen LogP contribution in [-0.4, -0.2) is 28.7 Å². The third-order valence-corrected chi connectivity index (χ3v) is 4.62. The predicted molar refractivity (Wildman–Crippen MR) is 96.6 cm³/mol. The molecule has 0 aliphatic carbocycles. The van der Waals surface area contributed by atoms with Gasteiger partial charge in [-0.25, -0.2) is 9.78 Å². The molecule has 5 nitrogen and oxygen atoms in total. The Kier molecular flexibility index (Phi) is 4.57. The van der Waals surface area contributed by atoms with Crippen molar-refractivity contribution in [2.45, 2.75) is 13.5 Å². The highest BCUT2D eigenvalue weighted by atomic mass is 32.1. The van der Waals surface area contributed by atoms with Crippen LogP contribution in [0.25, 0.3) is 10.2 Å². The number of para-hydroxylation sites is 1. The number of ketones is 1. The molecule has 1 N–H and O–H groups in total. The van der Waals surface area contributed by atoms with Gasteiger partial charge in [0, 0.05) is 18.3 Å². The van der Waals surface area contributed by atoms with E-state index in [0.717, 1.165) is 15.2 Å². The van der Waals surface area contributed by atoms with Gasteiger partial charge >= 0.3 is 6.03 Å². The molecule has 0 spiro atoms. The van der Waals surface area contributed by atoms with Crippen LogP contribution in [0, 0.1) is 0 Å². The lowest BCUT2D eigenvalue weighted by Gasteiger charge is -2.16. The standard InChI is InChI=1S/C18H17N3O2S/c1-12(22)13-7-9-14(10-8-13)19-18(23)21(2)11-17-20-15-5-3-4-6-16(15)24-17/h3-10H,11H2,1-2H3,(H,19,23). The summed E-state index contributed by atoms with van der Waals surface area (Å²) in [5.41, 5.74) is 2.23. The van der Waals surface area contributed by atoms with Crippen LogP contribution in [0.15, 0.2) is 48.5 Å². The second-order valence-corrected chi connectivity index (χ2v) is 6.61. The van der Waals surface area contributed by atoms with E-state index < -0.39 is 0 Å². The molecule has 0 aliphatic rings. The third kappa shape index (κ3) is 3.60. The minimum absolute atomic E-state index is 0.000769. The number of urea groups is 1. The van der Waals surface area contributed by atoms with E-state index in [1.807, 2.05) is 24.3 Å². The lowest BCUT2D eigenvalue weighted by molar-refractivity contribution is 0.101. The summed E-state index contributed by atoms with van der Waals surface area (Å²) >= 11 is 1.58. The first-order valence-corrected chi connectivity index (χ1v) is 8.32. The van der Waals surface area contributed by atoms with Crippen molar-refractivity contribution < 1.29 is 9.59 Å². The van der Waals surface area contributed by atoms with Crippen LogP contribution in [0.1, 0.15) is 22.3 Å². The van der Waals surface area contributed by atoms with E-state index in [1.165, 1.54) is 6.92 Å². The molecule has 0 saturated carbocycles. The van der Waals surface area contributed by atoms with E-state index in [0.29, 0.717) is 17.8 Å². The number of carbonyl (C=O) groups excluding carboxylic acids is 2. The smallest absolute Gasteiger partial charge is 0.321 e. The van der Waals surface area contributed by atoms with Gasteiger partial charge in [-0.15, -0.1) is 11.3 Å². The Bertz CT molecular complexity index is 854. The zero-order valence-corrected chi connectivity index (χ0v) is 14.3. The number of nitrogens with one attached hydrogen (secondary N) is 1. The molecule has 0 saturated heterocycles. The molecule has 0 unspecified atom stereocenters. The van der Waals surface area contributed by atoms with Crippen molar-refractivity contribution in [3.63, 3.8) is 0 Å². The topological polar surface area (TPSA) is 62.3 Å². The van der Waals surface area contributed by atoms with Gasteiger partial charge in [0.25, 0.3) is 0 Å². The Hall–Kier alpha value is -2.73. The van der Waals surface area contributed by atoms with E-state index in [9.17, 15) is 9.59 Å². The molecule has 2 aromatic carbocycles. The molecular weight excluding hydrogens is 322 g/mol. The highest BCUT2D eigenvalue weighted by Crippen LogP contribution is 2.22. The summed E-state index contributed by atoms with van der Waals surface area (Å²) in [7, 11) is 1.73. The zero-order valence-electron chi connectivity index (χ0n) is 13.4. The molecule has 1 heterocycles. The van der Waals surface area contributed by atoms with Crippen LogP contribution >= 0.6 is 11.3 Å². The van der Waals surface area contributed by atoms with Gasteiger partial charge in [0.15, 0.2) is 5.78 Å². The van der Waals surface area contributed by atoms with Crippen LogP contribution in [0.3, 0.4) is 0 Å². The van der Waals surface area contributed by atoms with E-state index in [4.69, 9.17) is 0 Å². The molecule has 2 amide bonds. The molecule has 24 heavy (non-hydrogen) atoms. The molecule has 3 rings (SSSR count). The Balaban J connectivity index is 1.64. The predicted octanol–water partition coefficient (Wildman–Crippen LogP) is 4.16. The second kappa shape index (κ2) is 6.80. The molecule has 122 valence electrons. The molecule has 0 aliphatic heterocycles. The minimum atomic E-state index is -0.218. The van der Waals surface area contributed by atoms with Crippen LogP contribution in [-0.2, 0) is 6.54 Å². The maximum atomic E-state index is 12.3. The fraction of sp³-hybridized carbons (Fsp3) is 0.167. The summed E-state index contributed by atoms with van der Waals surface area (Å²) in [5.74, 6) is 0.000769. The molecule has 3 aromatic rings. The summed E-state index contributed by atoms with van der Waals surface area (Å²) in [6, 6.07) is 14.5. The van der Waals surface area contributed by atoms with Crippen LogP contribution < -0.4 is 5.32 Å². The fourth-order valence-electron chi connectivity index (χ4n) is 2.27. The second-order valence-electron chi connectivity index (χ2n) is 5.50. The first kappa shape index (κ1) is 16.1. The highest BCUT2D eigenvalue weighted by molar-refractivity contribution is 7.18. The first-order chi connectivity index (χ1) is 11.5. The van der Waals surface area contributed by atoms with Crippen LogP contribution in [0.5, 0.6) is 0 Å². The normalized spacial score (nSPS) is 10.6. The van der Waals surface area contributed by atoms with Crippen molar-refractivity contribution in [1.29, 1.82) is 0 Å². The number of aromatic nitrogens is 1. The number of fused-ring (bicyclic) bond motifs is 1. The van der Waals surface area contributed by atoms with Crippen molar-refractivity contribution in [2.75, 3.05) is 12.4 Å². The molecule has 0 radical (unpaired) electrons. The molecule has 1 aromatic heterocycles. The number of hydrogen-bond acceptors (Lipinski definition) is 4. The molecular formula is C18H17N3O2S. The van der Waals surface area contributed by atoms with Gasteiger partial charge in [0.05, 0.1) is 16.8 Å². The van der Waals surface area contributed by atoms with Gasteiger partial charge in [0.1, 0.15) is 5.01 Å². The van der Waals surface area contributed by atoms with Gasteiger partial charge in [-0.05, 0) is 43.3 Å². The third-order valence-electron chi connectivity index (χ3n) is 3.60. The zero-order chi connectivity index (χ0) is 17.1. The van der Waals surface area contributed by atoms with Gasteiger partial charge in [-0.2, -0.15) is 0 Å². The van der Waals surface area contributed by atoms with Gasteiger partial charge in [0.2, 0.25) is 0 Å². The number of benzene rings is 2. The van der Waals surface area contributed by atoms with E-state index in [1.54, 1.807) is 47.5 Å². The number of nitrogens with zero attached hydrogens (tertiary/aromatic N) is 2. The quantitative estimate of drug-likeness (QED) is 0.726. The maximum Gasteiger partial charge on any atom is 0.321 e. The molecule has 0 bridgehead atoms. The summed E-state index contributed by atoms with van der Waals surface area (Å²) in [6.07, 6.45) is 0. The monoisotopic (exact) mass is 339 g/mol. The van der Waals surface area contributed by atoms with Crippen LogP contribution in [0.4, 0.5) is 10.5 Å². The first-order valence-electron chi connectivity index (χ1n) is 7.50. The molecule has 0 atom stereocenters. The van der Waals surface area contributed by atoms with Gasteiger partial charge in [-0.3, -0.25) is 4.79 Å². The number of carbonyl (C=O) groups is 2. The van der Waals surface area contributed by atoms with E-state index >= 15 is 0 Å². The van der Waals surface area contributed by atoms with E-state index in [-0.39, 0.29) is 11.8 Å². The van der Waals surface area contributed by atoms with Crippen molar-refractivity contribution in [1.82, 2.24) is 9.88 Å². The summed E-state index contributed by atoms with van der Waals surface area (Å²) in [5, 5.41) is 3.70.